The van der Waals surface area contributed by atoms with Gasteiger partial charge < -0.3 is 19.7 Å². The summed E-state index contributed by atoms with van der Waals surface area (Å²) in [6.07, 6.45) is 1.48. The first kappa shape index (κ1) is 19.2. The van der Waals surface area contributed by atoms with E-state index in [9.17, 15) is 9.59 Å². The quantitative estimate of drug-likeness (QED) is 0.815. The van der Waals surface area contributed by atoms with Gasteiger partial charge in [-0.3, -0.25) is 14.5 Å². The molecule has 30 heavy (non-hydrogen) atoms. The van der Waals surface area contributed by atoms with Gasteiger partial charge in [-0.2, -0.15) is 0 Å². The van der Waals surface area contributed by atoms with Crippen LogP contribution in [0, 0.1) is 0 Å². The van der Waals surface area contributed by atoms with Gasteiger partial charge in [0, 0.05) is 42.5 Å². The van der Waals surface area contributed by atoms with Gasteiger partial charge in [-0.15, -0.1) is 0 Å². The lowest BCUT2D eigenvalue weighted by Crippen LogP contribution is -2.57. The molecule has 7 nitrogen and oxygen atoms in total. The van der Waals surface area contributed by atoms with E-state index >= 15 is 0 Å². The van der Waals surface area contributed by atoms with Gasteiger partial charge in [0.25, 0.3) is 5.91 Å². The molecule has 8 heteroatoms. The number of halogens is 1. The first-order chi connectivity index (χ1) is 14.4. The molecule has 0 aromatic heterocycles. The van der Waals surface area contributed by atoms with Crippen LogP contribution in [-0.4, -0.2) is 55.1 Å². The third kappa shape index (κ3) is 2.55. The number of benzene rings is 2. The Morgan fingerprint density at radius 1 is 1.23 bits per heavy atom. The molecule has 3 aliphatic heterocycles. The number of anilines is 1. The summed E-state index contributed by atoms with van der Waals surface area (Å²) in [5.74, 6) is 0.871. The number of nitrogens with one attached hydrogen (secondary N) is 1. The molecule has 1 N–H and O–H groups in total. The second kappa shape index (κ2) is 6.89. The van der Waals surface area contributed by atoms with Crippen LogP contribution < -0.4 is 14.8 Å². The smallest absolute Gasteiger partial charge is 0.254 e. The largest absolute Gasteiger partial charge is 0.454 e. The van der Waals surface area contributed by atoms with Gasteiger partial charge in [-0.25, -0.2) is 0 Å². The number of nitrogens with zero attached hydrogens (tertiary/aromatic N) is 2. The average molecular weight is 428 g/mol. The van der Waals surface area contributed by atoms with Crippen LogP contribution in [0.4, 0.5) is 5.69 Å². The number of likely N-dealkylation sites (tertiary alicyclic amines) is 1. The normalized spacial score (nSPS) is 24.6. The summed E-state index contributed by atoms with van der Waals surface area (Å²) in [5.41, 5.74) is 0.826. The van der Waals surface area contributed by atoms with Gasteiger partial charge >= 0.3 is 0 Å². The highest BCUT2D eigenvalue weighted by molar-refractivity contribution is 6.31. The number of amides is 2. The fourth-order valence-corrected chi connectivity index (χ4v) is 5.08. The fourth-order valence-electron chi connectivity index (χ4n) is 4.91. The van der Waals surface area contributed by atoms with Gasteiger partial charge in [0.2, 0.25) is 12.7 Å². The lowest BCUT2D eigenvalue weighted by atomic mass is 9.80. The highest BCUT2D eigenvalue weighted by Crippen LogP contribution is 2.53. The number of fused-ring (bicyclic) bond motifs is 2. The predicted octanol–water partition coefficient (Wildman–Crippen LogP) is 2.82. The molecular formula is C22H22ClN3O4. The highest BCUT2D eigenvalue weighted by Gasteiger charge is 2.58. The number of hydrogen-bond acceptors (Lipinski definition) is 5. The van der Waals surface area contributed by atoms with E-state index in [1.807, 2.05) is 23.1 Å². The van der Waals surface area contributed by atoms with Crippen LogP contribution in [0.25, 0.3) is 0 Å². The summed E-state index contributed by atoms with van der Waals surface area (Å²) in [6, 6.07) is 10.5. The van der Waals surface area contributed by atoms with Crippen molar-refractivity contribution in [1.29, 1.82) is 0 Å². The second-order valence-electron chi connectivity index (χ2n) is 7.98. The molecule has 1 unspecified atom stereocenters. The molecule has 5 rings (SSSR count). The lowest BCUT2D eigenvalue weighted by molar-refractivity contribution is -0.138. The van der Waals surface area contributed by atoms with Gasteiger partial charge in [-0.1, -0.05) is 23.7 Å². The standard InChI is InChI=1S/C22H22ClN3O4/c1-25(2)20(27)17-6-4-10-26(17)22(14-5-3-7-18-19(14)30-12-29-18)15-11-13(23)8-9-16(15)24-21(22)28/h3,5,7-9,11,17H,4,6,10,12H2,1-2H3,(H,24,28)/t17-,22?/m0/s1. The molecule has 2 atom stereocenters. The Morgan fingerprint density at radius 2 is 2.07 bits per heavy atom. The lowest BCUT2D eigenvalue weighted by Gasteiger charge is -2.41. The maximum atomic E-state index is 13.8. The van der Waals surface area contributed by atoms with Crippen molar-refractivity contribution >= 4 is 29.1 Å². The fraction of sp³-hybridized carbons (Fsp3) is 0.364. The molecule has 3 heterocycles. The molecule has 1 fully saturated rings. The van der Waals surface area contributed by atoms with Crippen LogP contribution in [0.1, 0.15) is 24.0 Å². The molecule has 0 aliphatic carbocycles. The minimum absolute atomic E-state index is 0.0279. The molecule has 1 saturated heterocycles. The van der Waals surface area contributed by atoms with E-state index in [-0.39, 0.29) is 18.6 Å². The minimum atomic E-state index is -1.24. The molecule has 2 amide bonds. The van der Waals surface area contributed by atoms with E-state index in [0.29, 0.717) is 40.7 Å². The Morgan fingerprint density at radius 3 is 2.87 bits per heavy atom. The summed E-state index contributed by atoms with van der Waals surface area (Å²) in [7, 11) is 3.48. The zero-order chi connectivity index (χ0) is 21.0. The molecule has 2 aromatic rings. The number of carbonyl (C=O) groups is 2. The van der Waals surface area contributed by atoms with E-state index < -0.39 is 11.6 Å². The first-order valence-corrected chi connectivity index (χ1v) is 10.3. The molecule has 0 radical (unpaired) electrons. The minimum Gasteiger partial charge on any atom is -0.454 e. The number of ether oxygens (including phenoxy) is 2. The van der Waals surface area contributed by atoms with Crippen molar-refractivity contribution < 1.29 is 19.1 Å². The predicted molar refractivity (Wildman–Crippen MR) is 112 cm³/mol. The van der Waals surface area contributed by atoms with Gasteiger partial charge in [0.15, 0.2) is 17.0 Å². The van der Waals surface area contributed by atoms with Crippen LogP contribution in [0.2, 0.25) is 5.02 Å². The summed E-state index contributed by atoms with van der Waals surface area (Å²) in [6.45, 7) is 0.681. The molecule has 0 bridgehead atoms. The second-order valence-corrected chi connectivity index (χ2v) is 8.41. The number of para-hydroxylation sites is 1. The number of likely N-dealkylation sites (N-methyl/N-ethyl adjacent to an activating group) is 1. The molecule has 0 spiro atoms. The average Bonchev–Trinajstić information content (AvgIpc) is 3.44. The molecule has 156 valence electrons. The van der Waals surface area contributed by atoms with Crippen LogP contribution in [0.5, 0.6) is 11.5 Å². The van der Waals surface area contributed by atoms with Crippen molar-refractivity contribution in [3.63, 3.8) is 0 Å². The Kier molecular flexibility index (Phi) is 4.41. The number of carbonyl (C=O) groups excluding carboxylic acids is 2. The summed E-state index contributed by atoms with van der Waals surface area (Å²) in [5, 5.41) is 3.53. The summed E-state index contributed by atoms with van der Waals surface area (Å²) in [4.78, 5) is 30.4. The Bertz CT molecular complexity index is 1060. The maximum absolute atomic E-state index is 13.8. The van der Waals surface area contributed by atoms with Crippen LogP contribution >= 0.6 is 11.6 Å². The van der Waals surface area contributed by atoms with Crippen LogP contribution in [0.15, 0.2) is 36.4 Å². The van der Waals surface area contributed by atoms with E-state index in [0.717, 1.165) is 12.0 Å². The van der Waals surface area contributed by atoms with E-state index in [2.05, 4.69) is 5.32 Å². The molecule has 2 aromatic carbocycles. The third-order valence-electron chi connectivity index (χ3n) is 6.14. The van der Waals surface area contributed by atoms with Crippen molar-refractivity contribution in [3.05, 3.63) is 52.5 Å². The zero-order valence-electron chi connectivity index (χ0n) is 16.8. The van der Waals surface area contributed by atoms with Crippen LogP contribution in [0.3, 0.4) is 0 Å². The molecule has 0 saturated carbocycles. The van der Waals surface area contributed by atoms with Crippen molar-refractivity contribution in [2.45, 2.75) is 24.4 Å². The van der Waals surface area contributed by atoms with Crippen LogP contribution in [-0.2, 0) is 15.1 Å². The van der Waals surface area contributed by atoms with Crippen molar-refractivity contribution in [1.82, 2.24) is 9.80 Å². The Balaban J connectivity index is 1.80. The Labute approximate surface area is 179 Å². The zero-order valence-corrected chi connectivity index (χ0v) is 17.5. The van der Waals surface area contributed by atoms with E-state index in [1.54, 1.807) is 37.2 Å². The summed E-state index contributed by atoms with van der Waals surface area (Å²) < 4.78 is 11.4. The summed E-state index contributed by atoms with van der Waals surface area (Å²) >= 11 is 6.37. The van der Waals surface area contributed by atoms with E-state index in [1.165, 1.54) is 0 Å². The van der Waals surface area contributed by atoms with Crippen molar-refractivity contribution in [3.8, 4) is 11.5 Å². The SMILES string of the molecule is CN(C)C(=O)[C@@H]1CCCN1C1(c2cccc3c2OCO3)C(=O)Nc2ccc(Cl)cc21. The number of hydrogen-bond donors (Lipinski definition) is 1. The highest BCUT2D eigenvalue weighted by atomic mass is 35.5. The van der Waals surface area contributed by atoms with Gasteiger partial charge in [-0.05, 0) is 37.1 Å². The first-order valence-electron chi connectivity index (χ1n) is 9.93. The van der Waals surface area contributed by atoms with E-state index in [4.69, 9.17) is 21.1 Å². The monoisotopic (exact) mass is 427 g/mol. The van der Waals surface area contributed by atoms with Crippen molar-refractivity contribution in [2.75, 3.05) is 32.7 Å². The third-order valence-corrected chi connectivity index (χ3v) is 6.38. The van der Waals surface area contributed by atoms with Crippen molar-refractivity contribution in [2.24, 2.45) is 0 Å². The van der Waals surface area contributed by atoms with Gasteiger partial charge in [0.1, 0.15) is 0 Å². The Hall–Kier alpha value is -2.77. The number of rotatable bonds is 3. The van der Waals surface area contributed by atoms with Gasteiger partial charge in [0.05, 0.1) is 6.04 Å². The molecule has 3 aliphatic rings. The maximum Gasteiger partial charge on any atom is 0.254 e. The molecular weight excluding hydrogens is 406 g/mol. The topological polar surface area (TPSA) is 71.1 Å².